The van der Waals surface area contributed by atoms with Crippen molar-refractivity contribution in [1.29, 1.82) is 0 Å². The Hall–Kier alpha value is -1.75. The van der Waals surface area contributed by atoms with Crippen molar-refractivity contribution in [1.82, 2.24) is 5.32 Å². The summed E-state index contributed by atoms with van der Waals surface area (Å²) in [5.74, 6) is 0.0354. The second kappa shape index (κ2) is 5.93. The van der Waals surface area contributed by atoms with E-state index in [0.29, 0.717) is 18.5 Å². The fraction of sp³-hybridized carbons (Fsp3) is 0.375. The van der Waals surface area contributed by atoms with Gasteiger partial charge in [0.15, 0.2) is 0 Å². The van der Waals surface area contributed by atoms with Crippen molar-refractivity contribution in [3.05, 3.63) is 59.4 Å². The molecule has 1 aliphatic carbocycles. The van der Waals surface area contributed by atoms with Gasteiger partial charge in [-0.3, -0.25) is 0 Å². The van der Waals surface area contributed by atoms with Crippen LogP contribution >= 0.6 is 0 Å². The Balaban J connectivity index is 2.22. The molecular weight excluding hydrogens is 277 g/mol. The van der Waals surface area contributed by atoms with E-state index in [-0.39, 0.29) is 5.92 Å². The predicted molar refractivity (Wildman–Crippen MR) is 78.3 cm³/mol. The summed E-state index contributed by atoms with van der Waals surface area (Å²) in [5.41, 5.74) is 7.31. The zero-order chi connectivity index (χ0) is 15.6. The van der Waals surface area contributed by atoms with E-state index in [0.717, 1.165) is 11.1 Å². The average molecular weight is 296 g/mol. The van der Waals surface area contributed by atoms with Gasteiger partial charge in [0, 0.05) is 18.7 Å². The molecule has 0 aromatic heterocycles. The highest BCUT2D eigenvalue weighted by atomic mass is 19.4. The molecule has 2 rings (SSSR count). The van der Waals surface area contributed by atoms with Gasteiger partial charge in [0.2, 0.25) is 0 Å². The summed E-state index contributed by atoms with van der Waals surface area (Å²) in [5, 5.41) is 2.79. The monoisotopic (exact) mass is 296 g/mol. The Bertz CT molecular complexity index is 550. The van der Waals surface area contributed by atoms with Gasteiger partial charge in [0.1, 0.15) is 0 Å². The molecule has 1 aliphatic heterocycles. The van der Waals surface area contributed by atoms with Crippen LogP contribution in [0.25, 0.3) is 0 Å². The summed E-state index contributed by atoms with van der Waals surface area (Å²) in [7, 11) is 0. The number of allylic oxidation sites excluding steroid dienone is 6. The number of hydrogen-bond acceptors (Lipinski definition) is 2. The van der Waals surface area contributed by atoms with Gasteiger partial charge in [-0.25, -0.2) is 0 Å². The lowest BCUT2D eigenvalue weighted by Crippen LogP contribution is -2.34. The van der Waals surface area contributed by atoms with Crippen LogP contribution in [0.15, 0.2) is 59.4 Å². The highest BCUT2D eigenvalue weighted by Gasteiger charge is 2.38. The van der Waals surface area contributed by atoms with Crippen LogP contribution in [0.1, 0.15) is 13.3 Å². The molecule has 21 heavy (non-hydrogen) atoms. The summed E-state index contributed by atoms with van der Waals surface area (Å²) >= 11 is 0. The number of hydrogen-bond donors (Lipinski definition) is 2. The molecule has 3 N–H and O–H groups in total. The minimum absolute atomic E-state index is 0.0354. The first-order valence-corrected chi connectivity index (χ1v) is 6.83. The standard InChI is InChI=1S/C16H19F3N2/c1-10(8-20)6-12-4-3-5-14(12)13-7-15(16(17,18)19)11(2)21-9-13/h3-5,7,9,11-12,21H,1,6,8,20H2,2H3. The summed E-state index contributed by atoms with van der Waals surface area (Å²) in [4.78, 5) is 0. The molecule has 0 spiro atoms. The van der Waals surface area contributed by atoms with E-state index < -0.39 is 17.8 Å². The van der Waals surface area contributed by atoms with Crippen LogP contribution in [0.4, 0.5) is 13.2 Å². The van der Waals surface area contributed by atoms with Crippen molar-refractivity contribution < 1.29 is 13.2 Å². The van der Waals surface area contributed by atoms with E-state index in [1.165, 1.54) is 13.0 Å². The van der Waals surface area contributed by atoms with E-state index in [1.807, 2.05) is 18.2 Å². The van der Waals surface area contributed by atoms with Crippen molar-refractivity contribution in [3.8, 4) is 0 Å². The fourth-order valence-corrected chi connectivity index (χ4v) is 2.54. The molecule has 2 aliphatic rings. The molecule has 2 nitrogen and oxygen atoms in total. The molecule has 0 amide bonds. The zero-order valence-electron chi connectivity index (χ0n) is 11.9. The Morgan fingerprint density at radius 3 is 2.76 bits per heavy atom. The zero-order valence-corrected chi connectivity index (χ0v) is 11.9. The minimum atomic E-state index is -4.32. The maximum Gasteiger partial charge on any atom is 0.414 e. The summed E-state index contributed by atoms with van der Waals surface area (Å²) in [6.45, 7) is 5.75. The number of alkyl halides is 3. The van der Waals surface area contributed by atoms with Gasteiger partial charge < -0.3 is 11.1 Å². The van der Waals surface area contributed by atoms with Gasteiger partial charge in [0.05, 0.1) is 11.6 Å². The summed E-state index contributed by atoms with van der Waals surface area (Å²) < 4.78 is 39.0. The first-order chi connectivity index (χ1) is 9.82. The maximum atomic E-state index is 13.0. The molecule has 0 fully saturated rings. The van der Waals surface area contributed by atoms with Crippen molar-refractivity contribution in [2.24, 2.45) is 11.7 Å². The Kier molecular flexibility index (Phi) is 4.42. The molecule has 0 bridgehead atoms. The number of rotatable bonds is 4. The predicted octanol–water partition coefficient (Wildman–Crippen LogP) is 3.37. The molecule has 1 heterocycles. The average Bonchev–Trinajstić information content (AvgIpc) is 2.86. The van der Waals surface area contributed by atoms with Crippen molar-refractivity contribution in [2.75, 3.05) is 6.54 Å². The van der Waals surface area contributed by atoms with Gasteiger partial charge in [-0.1, -0.05) is 30.4 Å². The molecule has 0 saturated heterocycles. The van der Waals surface area contributed by atoms with Gasteiger partial charge in [-0.05, 0) is 30.6 Å². The molecule has 0 saturated carbocycles. The summed E-state index contributed by atoms with van der Waals surface area (Å²) in [6, 6.07) is -0.735. The van der Waals surface area contributed by atoms with Crippen LogP contribution < -0.4 is 11.1 Å². The molecule has 5 heteroatoms. The lowest BCUT2D eigenvalue weighted by molar-refractivity contribution is -0.0960. The Labute approximate surface area is 122 Å². The van der Waals surface area contributed by atoms with E-state index in [2.05, 4.69) is 11.9 Å². The van der Waals surface area contributed by atoms with Crippen LogP contribution in [-0.2, 0) is 0 Å². The fourth-order valence-electron chi connectivity index (χ4n) is 2.54. The Morgan fingerprint density at radius 2 is 2.14 bits per heavy atom. The van der Waals surface area contributed by atoms with E-state index in [4.69, 9.17) is 5.73 Å². The van der Waals surface area contributed by atoms with E-state index >= 15 is 0 Å². The minimum Gasteiger partial charge on any atom is -0.384 e. The highest BCUT2D eigenvalue weighted by molar-refractivity contribution is 5.51. The maximum absolute atomic E-state index is 13.0. The second-order valence-corrected chi connectivity index (χ2v) is 5.36. The van der Waals surface area contributed by atoms with Crippen LogP contribution in [0.5, 0.6) is 0 Å². The van der Waals surface area contributed by atoms with Gasteiger partial charge in [0.25, 0.3) is 0 Å². The van der Waals surface area contributed by atoms with Gasteiger partial charge in [-0.2, -0.15) is 13.2 Å². The number of dihydropyridines is 1. The van der Waals surface area contributed by atoms with Crippen LogP contribution in [0, 0.1) is 5.92 Å². The number of nitrogens with two attached hydrogens (primary N) is 1. The largest absolute Gasteiger partial charge is 0.414 e. The quantitative estimate of drug-likeness (QED) is 0.781. The SMILES string of the molecule is C=C(CN)CC1C=CC=C1C1=CNC(C)C(C(F)(F)F)=C1. The third-order valence-electron chi connectivity index (χ3n) is 3.74. The Morgan fingerprint density at radius 1 is 1.43 bits per heavy atom. The van der Waals surface area contributed by atoms with Gasteiger partial charge >= 0.3 is 6.18 Å². The lowest BCUT2D eigenvalue weighted by Gasteiger charge is -2.26. The van der Waals surface area contributed by atoms with Crippen LogP contribution in [0.3, 0.4) is 0 Å². The molecule has 2 unspecified atom stereocenters. The lowest BCUT2D eigenvalue weighted by atomic mass is 9.87. The van der Waals surface area contributed by atoms with Crippen LogP contribution in [-0.4, -0.2) is 18.8 Å². The first kappa shape index (κ1) is 15.6. The normalized spacial score (nSPS) is 25.1. The third kappa shape index (κ3) is 3.47. The smallest absolute Gasteiger partial charge is 0.384 e. The van der Waals surface area contributed by atoms with Gasteiger partial charge in [-0.15, -0.1) is 0 Å². The number of halogens is 3. The molecule has 114 valence electrons. The van der Waals surface area contributed by atoms with Crippen molar-refractivity contribution in [2.45, 2.75) is 25.6 Å². The molecular formula is C16H19F3N2. The third-order valence-corrected chi connectivity index (χ3v) is 3.74. The highest BCUT2D eigenvalue weighted by Crippen LogP contribution is 2.36. The molecule has 0 aromatic carbocycles. The molecule has 2 atom stereocenters. The summed E-state index contributed by atoms with van der Waals surface area (Å²) in [6.07, 6.45) is 4.90. The molecule has 0 aromatic rings. The van der Waals surface area contributed by atoms with E-state index in [9.17, 15) is 13.2 Å². The number of nitrogens with one attached hydrogen (secondary N) is 1. The van der Waals surface area contributed by atoms with E-state index in [1.54, 1.807) is 6.20 Å². The van der Waals surface area contributed by atoms with Crippen molar-refractivity contribution >= 4 is 0 Å². The molecule has 0 radical (unpaired) electrons. The van der Waals surface area contributed by atoms with Crippen molar-refractivity contribution in [3.63, 3.8) is 0 Å². The topological polar surface area (TPSA) is 38.0 Å². The first-order valence-electron chi connectivity index (χ1n) is 6.83. The second-order valence-electron chi connectivity index (χ2n) is 5.36. The van der Waals surface area contributed by atoms with Crippen LogP contribution in [0.2, 0.25) is 0 Å².